The SMILES string of the molecule is CCC[NH+]1CCC(NC(=O)Nc2cc(C)ccc2OC)CC1. The van der Waals surface area contributed by atoms with Gasteiger partial charge >= 0.3 is 6.03 Å². The van der Waals surface area contributed by atoms with Crippen molar-refractivity contribution in [3.8, 4) is 5.75 Å². The number of amides is 2. The molecule has 0 bridgehead atoms. The van der Waals surface area contributed by atoms with E-state index in [0.717, 1.165) is 31.5 Å². The summed E-state index contributed by atoms with van der Waals surface area (Å²) in [5, 5.41) is 5.99. The van der Waals surface area contributed by atoms with Gasteiger partial charge in [-0.2, -0.15) is 0 Å². The Labute approximate surface area is 133 Å². The highest BCUT2D eigenvalue weighted by atomic mass is 16.5. The molecule has 0 radical (unpaired) electrons. The quantitative estimate of drug-likeness (QED) is 0.774. The molecule has 0 saturated carbocycles. The van der Waals surface area contributed by atoms with Crippen molar-refractivity contribution >= 4 is 11.7 Å². The monoisotopic (exact) mass is 306 g/mol. The van der Waals surface area contributed by atoms with Crippen LogP contribution in [0.4, 0.5) is 10.5 Å². The maximum atomic E-state index is 12.2. The minimum absolute atomic E-state index is 0.146. The van der Waals surface area contributed by atoms with Gasteiger partial charge in [0.2, 0.25) is 0 Å². The zero-order valence-corrected chi connectivity index (χ0v) is 13.9. The lowest BCUT2D eigenvalue weighted by Gasteiger charge is -2.29. The first-order valence-electron chi connectivity index (χ1n) is 8.18. The van der Waals surface area contributed by atoms with Crippen LogP contribution in [-0.2, 0) is 0 Å². The third-order valence-electron chi connectivity index (χ3n) is 4.23. The second-order valence-electron chi connectivity index (χ2n) is 6.08. The number of hydrogen-bond donors (Lipinski definition) is 3. The van der Waals surface area contributed by atoms with E-state index in [9.17, 15) is 4.79 Å². The third kappa shape index (κ3) is 4.63. The summed E-state index contributed by atoms with van der Waals surface area (Å²) < 4.78 is 5.29. The number of carbonyl (C=O) groups excluding carboxylic acids is 1. The van der Waals surface area contributed by atoms with Crippen molar-refractivity contribution in [1.82, 2.24) is 5.32 Å². The van der Waals surface area contributed by atoms with Crippen LogP contribution in [0.5, 0.6) is 5.75 Å². The first kappa shape index (κ1) is 16.6. The van der Waals surface area contributed by atoms with Crippen LogP contribution in [0.15, 0.2) is 18.2 Å². The lowest BCUT2D eigenvalue weighted by Crippen LogP contribution is -3.13. The van der Waals surface area contributed by atoms with E-state index < -0.39 is 0 Å². The summed E-state index contributed by atoms with van der Waals surface area (Å²) >= 11 is 0. The Kier molecular flexibility index (Phi) is 6.07. The fourth-order valence-electron chi connectivity index (χ4n) is 3.04. The van der Waals surface area contributed by atoms with E-state index in [4.69, 9.17) is 4.74 Å². The predicted octanol–water partition coefficient (Wildman–Crippen LogP) is 1.58. The average Bonchev–Trinajstić information content (AvgIpc) is 2.50. The van der Waals surface area contributed by atoms with Gasteiger partial charge in [-0.1, -0.05) is 13.0 Å². The molecule has 5 heteroatoms. The maximum absolute atomic E-state index is 12.2. The number of benzene rings is 1. The number of nitrogens with one attached hydrogen (secondary N) is 3. The van der Waals surface area contributed by atoms with Crippen LogP contribution in [-0.4, -0.2) is 38.8 Å². The van der Waals surface area contributed by atoms with Crippen LogP contribution in [0.3, 0.4) is 0 Å². The molecule has 2 rings (SSSR count). The summed E-state index contributed by atoms with van der Waals surface area (Å²) in [6, 6.07) is 5.89. The zero-order valence-electron chi connectivity index (χ0n) is 13.9. The van der Waals surface area contributed by atoms with E-state index >= 15 is 0 Å². The van der Waals surface area contributed by atoms with Crippen molar-refractivity contribution in [3.63, 3.8) is 0 Å². The number of likely N-dealkylation sites (tertiary alicyclic amines) is 1. The minimum Gasteiger partial charge on any atom is -0.495 e. The molecule has 5 nitrogen and oxygen atoms in total. The van der Waals surface area contributed by atoms with Crippen LogP contribution < -0.4 is 20.3 Å². The minimum atomic E-state index is -0.146. The molecule has 3 N–H and O–H groups in total. The van der Waals surface area contributed by atoms with Crippen LogP contribution in [0.25, 0.3) is 0 Å². The van der Waals surface area contributed by atoms with E-state index in [-0.39, 0.29) is 12.1 Å². The summed E-state index contributed by atoms with van der Waals surface area (Å²) in [7, 11) is 1.61. The maximum Gasteiger partial charge on any atom is 0.319 e. The Balaban J connectivity index is 1.85. The first-order valence-corrected chi connectivity index (χ1v) is 8.18. The predicted molar refractivity (Wildman–Crippen MR) is 88.8 cm³/mol. The largest absolute Gasteiger partial charge is 0.495 e. The van der Waals surface area contributed by atoms with Crippen molar-refractivity contribution in [2.75, 3.05) is 32.1 Å². The number of ether oxygens (including phenoxy) is 1. The van der Waals surface area contributed by atoms with Gasteiger partial charge in [-0.05, 0) is 31.0 Å². The van der Waals surface area contributed by atoms with Crippen LogP contribution in [0.2, 0.25) is 0 Å². The molecule has 122 valence electrons. The topological polar surface area (TPSA) is 54.8 Å². The summed E-state index contributed by atoms with van der Waals surface area (Å²) in [4.78, 5) is 13.8. The van der Waals surface area contributed by atoms with Gasteiger partial charge in [0, 0.05) is 18.9 Å². The van der Waals surface area contributed by atoms with Gasteiger partial charge in [-0.15, -0.1) is 0 Å². The van der Waals surface area contributed by atoms with Gasteiger partial charge in [-0.25, -0.2) is 4.79 Å². The highest BCUT2D eigenvalue weighted by Gasteiger charge is 2.22. The molecule has 0 atom stereocenters. The molecule has 2 amide bonds. The Hall–Kier alpha value is -1.75. The molecule has 22 heavy (non-hydrogen) atoms. The van der Waals surface area contributed by atoms with Crippen molar-refractivity contribution in [3.05, 3.63) is 23.8 Å². The highest BCUT2D eigenvalue weighted by Crippen LogP contribution is 2.25. The second-order valence-corrected chi connectivity index (χ2v) is 6.08. The highest BCUT2D eigenvalue weighted by molar-refractivity contribution is 5.91. The Morgan fingerprint density at radius 3 is 2.73 bits per heavy atom. The molecule has 1 heterocycles. The smallest absolute Gasteiger partial charge is 0.319 e. The molecule has 1 aromatic rings. The number of methoxy groups -OCH3 is 1. The summed E-state index contributed by atoms with van der Waals surface area (Å²) in [6.07, 6.45) is 3.32. The fourth-order valence-corrected chi connectivity index (χ4v) is 3.04. The third-order valence-corrected chi connectivity index (χ3v) is 4.23. The van der Waals surface area contributed by atoms with E-state index in [1.807, 2.05) is 25.1 Å². The number of urea groups is 1. The van der Waals surface area contributed by atoms with Crippen molar-refractivity contribution < 1.29 is 14.4 Å². The van der Waals surface area contributed by atoms with E-state index in [1.54, 1.807) is 12.0 Å². The molecule has 1 aliphatic heterocycles. The lowest BCUT2D eigenvalue weighted by atomic mass is 10.1. The zero-order chi connectivity index (χ0) is 15.9. The number of quaternary nitrogens is 1. The fraction of sp³-hybridized carbons (Fsp3) is 0.588. The molecule has 0 aromatic heterocycles. The van der Waals surface area contributed by atoms with E-state index in [1.165, 1.54) is 13.0 Å². The van der Waals surface area contributed by atoms with Crippen LogP contribution in [0, 0.1) is 6.92 Å². The van der Waals surface area contributed by atoms with Crippen LogP contribution >= 0.6 is 0 Å². The van der Waals surface area contributed by atoms with Gasteiger partial charge in [0.05, 0.1) is 32.4 Å². The summed E-state index contributed by atoms with van der Waals surface area (Å²) in [5.41, 5.74) is 1.81. The Bertz CT molecular complexity index is 497. The van der Waals surface area contributed by atoms with Crippen molar-refractivity contribution in [2.45, 2.75) is 39.2 Å². The lowest BCUT2D eigenvalue weighted by molar-refractivity contribution is -0.905. The van der Waals surface area contributed by atoms with Gasteiger partial charge < -0.3 is 20.3 Å². The average molecular weight is 306 g/mol. The second kappa shape index (κ2) is 8.03. The number of hydrogen-bond acceptors (Lipinski definition) is 2. The van der Waals surface area contributed by atoms with Gasteiger partial charge in [0.25, 0.3) is 0 Å². The summed E-state index contributed by atoms with van der Waals surface area (Å²) in [6.45, 7) is 7.74. The van der Waals surface area contributed by atoms with E-state index in [2.05, 4.69) is 17.6 Å². The molecule has 1 fully saturated rings. The van der Waals surface area contributed by atoms with Crippen LogP contribution in [0.1, 0.15) is 31.7 Å². The molecule has 1 aromatic carbocycles. The van der Waals surface area contributed by atoms with Gasteiger partial charge in [-0.3, -0.25) is 0 Å². The number of carbonyl (C=O) groups is 1. The molecule has 1 aliphatic rings. The number of aryl methyl sites for hydroxylation is 1. The molecular formula is C17H28N3O2+. The Morgan fingerprint density at radius 2 is 2.09 bits per heavy atom. The Morgan fingerprint density at radius 1 is 1.36 bits per heavy atom. The number of rotatable bonds is 5. The standard InChI is InChI=1S/C17H27N3O2/c1-4-9-20-10-7-14(8-11-20)18-17(21)19-15-12-13(2)5-6-16(15)22-3/h5-6,12,14H,4,7-11H2,1-3H3,(H2,18,19,21)/p+1. The van der Waals surface area contributed by atoms with Crippen molar-refractivity contribution in [2.24, 2.45) is 0 Å². The molecular weight excluding hydrogens is 278 g/mol. The van der Waals surface area contributed by atoms with Gasteiger partial charge in [0.15, 0.2) is 0 Å². The molecule has 1 saturated heterocycles. The van der Waals surface area contributed by atoms with Gasteiger partial charge in [0.1, 0.15) is 5.75 Å². The first-order chi connectivity index (χ1) is 10.6. The molecule has 0 aliphatic carbocycles. The van der Waals surface area contributed by atoms with E-state index in [0.29, 0.717) is 11.4 Å². The molecule has 0 spiro atoms. The number of anilines is 1. The number of piperidine rings is 1. The van der Waals surface area contributed by atoms with Crippen molar-refractivity contribution in [1.29, 1.82) is 0 Å². The summed E-state index contributed by atoms with van der Waals surface area (Å²) in [5.74, 6) is 0.683. The molecule has 0 unspecified atom stereocenters. The normalized spacial score (nSPS) is 21.2.